The molecular weight excluding hydrogens is 313 g/mol. The van der Waals surface area contributed by atoms with Gasteiger partial charge in [-0.3, -0.25) is 0 Å². The Balaban J connectivity index is 1.58. The largest absolute Gasteiger partial charge is 0.371 e. The van der Waals surface area contributed by atoms with Gasteiger partial charge in [0.2, 0.25) is 0 Å². The molecule has 2 N–H and O–H groups in total. The van der Waals surface area contributed by atoms with Gasteiger partial charge < -0.3 is 15.5 Å². The number of rotatable bonds is 2. The van der Waals surface area contributed by atoms with E-state index in [9.17, 15) is 4.39 Å². The van der Waals surface area contributed by atoms with Crippen LogP contribution in [0.25, 0.3) is 0 Å². The molecule has 0 bridgehead atoms. The molecule has 3 nitrogen and oxygen atoms in total. The fourth-order valence-corrected chi connectivity index (χ4v) is 4.87. The second-order valence-electron chi connectivity index (χ2n) is 7.76. The van der Waals surface area contributed by atoms with Gasteiger partial charge in [0.15, 0.2) is 0 Å². The van der Waals surface area contributed by atoms with Crippen molar-refractivity contribution in [2.24, 2.45) is 5.92 Å². The summed E-state index contributed by atoms with van der Waals surface area (Å²) in [4.78, 5) is 2.58. The van der Waals surface area contributed by atoms with Gasteiger partial charge in [0.1, 0.15) is 5.82 Å². The fourth-order valence-electron chi connectivity index (χ4n) is 4.87. The van der Waals surface area contributed by atoms with Crippen LogP contribution in [0.5, 0.6) is 0 Å². The molecule has 0 aliphatic carbocycles. The molecule has 2 atom stereocenters. The average Bonchev–Trinajstić information content (AvgIpc) is 3.07. The van der Waals surface area contributed by atoms with Crippen LogP contribution in [0.1, 0.15) is 29.0 Å². The summed E-state index contributed by atoms with van der Waals surface area (Å²) in [6.45, 7) is 6.51. The lowest BCUT2D eigenvalue weighted by atomic mass is 9.80. The molecule has 25 heavy (non-hydrogen) atoms. The summed E-state index contributed by atoms with van der Waals surface area (Å²) in [5.41, 5.74) is 6.99. The lowest BCUT2D eigenvalue weighted by molar-refractivity contribution is 0.470. The minimum Gasteiger partial charge on any atom is -0.371 e. The van der Waals surface area contributed by atoms with Crippen LogP contribution >= 0.6 is 0 Å². The van der Waals surface area contributed by atoms with Crippen molar-refractivity contribution in [3.05, 3.63) is 52.8 Å². The van der Waals surface area contributed by atoms with Gasteiger partial charge in [0, 0.05) is 43.5 Å². The minimum atomic E-state index is -0.195. The van der Waals surface area contributed by atoms with E-state index in [0.29, 0.717) is 17.5 Å². The molecule has 130 valence electrons. The molecule has 0 unspecified atom stereocenters. The van der Waals surface area contributed by atoms with E-state index in [1.54, 1.807) is 6.07 Å². The van der Waals surface area contributed by atoms with Gasteiger partial charge in [-0.25, -0.2) is 4.39 Å². The average molecular weight is 337 g/mol. The lowest BCUT2D eigenvalue weighted by Crippen LogP contribution is -2.41. The maximum atomic E-state index is 14.2. The second kappa shape index (κ2) is 5.73. The molecule has 3 heterocycles. The Morgan fingerprint density at radius 3 is 3.04 bits per heavy atom. The van der Waals surface area contributed by atoms with Gasteiger partial charge >= 0.3 is 0 Å². The summed E-state index contributed by atoms with van der Waals surface area (Å²) < 4.78 is 14.2. The number of benzene rings is 2. The Labute approximate surface area is 148 Å². The monoisotopic (exact) mass is 337 g/mol. The first-order chi connectivity index (χ1) is 12.2. The standard InChI is InChI=1S/C21H24FN3/c1-13-4-5-19(22)20(7-13)24-16-8-14-3-2-6-25-12-15-10-23-11-18(15)17(9-16)21(14)25/h4-5,7-9,15,18,23-24H,2-3,6,10-12H2,1H3/t15-,18-/m1/s1. The Kier molecular flexibility index (Phi) is 3.49. The van der Waals surface area contributed by atoms with Gasteiger partial charge in [-0.2, -0.15) is 0 Å². The Hall–Kier alpha value is -2.07. The van der Waals surface area contributed by atoms with Crippen molar-refractivity contribution in [1.82, 2.24) is 5.32 Å². The van der Waals surface area contributed by atoms with E-state index < -0.39 is 0 Å². The molecule has 4 heteroatoms. The number of anilines is 3. The predicted molar refractivity (Wildman–Crippen MR) is 100 cm³/mol. The summed E-state index contributed by atoms with van der Waals surface area (Å²) in [5, 5.41) is 6.91. The molecule has 0 aromatic heterocycles. The highest BCUT2D eigenvalue weighted by molar-refractivity contribution is 5.73. The SMILES string of the molecule is Cc1ccc(F)c(Nc2cc3c4c(c2)[C@@H]2CNC[C@@H]2CN4CCC3)c1. The van der Waals surface area contributed by atoms with Crippen LogP contribution in [0.3, 0.4) is 0 Å². The van der Waals surface area contributed by atoms with Crippen molar-refractivity contribution in [3.8, 4) is 0 Å². The van der Waals surface area contributed by atoms with Crippen LogP contribution in [0.2, 0.25) is 0 Å². The van der Waals surface area contributed by atoms with Gasteiger partial charge in [0.25, 0.3) is 0 Å². The van der Waals surface area contributed by atoms with Crippen molar-refractivity contribution in [2.75, 3.05) is 36.4 Å². The van der Waals surface area contributed by atoms with E-state index >= 15 is 0 Å². The van der Waals surface area contributed by atoms with Gasteiger partial charge in [-0.05, 0) is 66.6 Å². The first kappa shape index (κ1) is 15.2. The molecule has 0 radical (unpaired) electrons. The molecule has 1 saturated heterocycles. The van der Waals surface area contributed by atoms with E-state index in [1.807, 2.05) is 19.1 Å². The highest BCUT2D eigenvalue weighted by Gasteiger charge is 2.38. The molecule has 0 spiro atoms. The first-order valence-electron chi connectivity index (χ1n) is 9.35. The second-order valence-corrected chi connectivity index (χ2v) is 7.76. The number of aryl methyl sites for hydroxylation is 2. The smallest absolute Gasteiger partial charge is 0.146 e. The van der Waals surface area contributed by atoms with Crippen molar-refractivity contribution in [1.29, 1.82) is 0 Å². The quantitative estimate of drug-likeness (QED) is 0.869. The fraction of sp³-hybridized carbons (Fsp3) is 0.429. The third kappa shape index (κ3) is 2.51. The summed E-state index contributed by atoms with van der Waals surface area (Å²) in [6.07, 6.45) is 2.33. The normalized spacial score (nSPS) is 24.0. The molecule has 3 aliphatic heterocycles. The lowest BCUT2D eigenvalue weighted by Gasteiger charge is -2.42. The number of nitrogens with one attached hydrogen (secondary N) is 2. The molecule has 0 amide bonds. The molecule has 5 rings (SSSR count). The van der Waals surface area contributed by atoms with Gasteiger partial charge in [-0.1, -0.05) is 6.07 Å². The molecular formula is C21H24FN3. The minimum absolute atomic E-state index is 0.195. The maximum Gasteiger partial charge on any atom is 0.146 e. The number of hydrogen-bond donors (Lipinski definition) is 2. The van der Waals surface area contributed by atoms with Crippen LogP contribution in [-0.4, -0.2) is 26.2 Å². The first-order valence-corrected chi connectivity index (χ1v) is 9.35. The van der Waals surface area contributed by atoms with E-state index in [-0.39, 0.29) is 5.82 Å². The maximum absolute atomic E-state index is 14.2. The van der Waals surface area contributed by atoms with Gasteiger partial charge in [0.05, 0.1) is 5.69 Å². The van der Waals surface area contributed by atoms with Crippen LogP contribution < -0.4 is 15.5 Å². The summed E-state index contributed by atoms with van der Waals surface area (Å²) in [6, 6.07) is 9.73. The van der Waals surface area contributed by atoms with E-state index in [2.05, 4.69) is 27.7 Å². The van der Waals surface area contributed by atoms with Crippen molar-refractivity contribution in [2.45, 2.75) is 25.7 Å². The molecule has 3 aliphatic rings. The predicted octanol–water partition coefficient (Wildman–Crippen LogP) is 3.95. The number of halogens is 1. The van der Waals surface area contributed by atoms with Crippen molar-refractivity contribution < 1.29 is 4.39 Å². The van der Waals surface area contributed by atoms with Crippen molar-refractivity contribution >= 4 is 17.1 Å². The van der Waals surface area contributed by atoms with Crippen LogP contribution in [-0.2, 0) is 6.42 Å². The molecule has 0 saturated carbocycles. The topological polar surface area (TPSA) is 27.3 Å². The number of fused-ring (bicyclic) bond motifs is 2. The molecule has 1 fully saturated rings. The Morgan fingerprint density at radius 1 is 1.20 bits per heavy atom. The highest BCUT2D eigenvalue weighted by Crippen LogP contribution is 2.46. The Morgan fingerprint density at radius 2 is 2.12 bits per heavy atom. The Bertz CT molecular complexity index is 832. The highest BCUT2D eigenvalue weighted by atomic mass is 19.1. The molecule has 2 aromatic carbocycles. The summed E-state index contributed by atoms with van der Waals surface area (Å²) in [5.74, 6) is 1.09. The van der Waals surface area contributed by atoms with Crippen LogP contribution in [0, 0.1) is 18.7 Å². The summed E-state index contributed by atoms with van der Waals surface area (Å²) in [7, 11) is 0. The molecule has 2 aromatic rings. The summed E-state index contributed by atoms with van der Waals surface area (Å²) >= 11 is 0. The zero-order valence-electron chi connectivity index (χ0n) is 14.6. The van der Waals surface area contributed by atoms with E-state index in [1.165, 1.54) is 36.3 Å². The third-order valence-electron chi connectivity index (χ3n) is 6.00. The zero-order chi connectivity index (χ0) is 17.0. The zero-order valence-corrected chi connectivity index (χ0v) is 14.6. The van der Waals surface area contributed by atoms with E-state index in [4.69, 9.17) is 0 Å². The van der Waals surface area contributed by atoms with Gasteiger partial charge in [-0.15, -0.1) is 0 Å². The van der Waals surface area contributed by atoms with Crippen LogP contribution in [0.15, 0.2) is 30.3 Å². The third-order valence-corrected chi connectivity index (χ3v) is 6.00. The van der Waals surface area contributed by atoms with Crippen LogP contribution in [0.4, 0.5) is 21.5 Å². The number of nitrogens with zero attached hydrogens (tertiary/aromatic N) is 1. The van der Waals surface area contributed by atoms with E-state index in [0.717, 1.165) is 30.8 Å². The number of hydrogen-bond acceptors (Lipinski definition) is 3. The van der Waals surface area contributed by atoms with Crippen molar-refractivity contribution in [3.63, 3.8) is 0 Å².